The summed E-state index contributed by atoms with van der Waals surface area (Å²) < 4.78 is 1.10. The van der Waals surface area contributed by atoms with E-state index in [1.165, 1.54) is 11.3 Å². The Balaban J connectivity index is 1.40. The molecule has 0 bridgehead atoms. The molecule has 4 rings (SSSR count). The second-order valence-electron chi connectivity index (χ2n) is 7.14. The smallest absolute Gasteiger partial charge is 0.229 e. The molecule has 1 aliphatic rings. The van der Waals surface area contributed by atoms with Crippen LogP contribution in [0, 0.1) is 26.7 Å². The summed E-state index contributed by atoms with van der Waals surface area (Å²) in [6.45, 7) is 7.59. The minimum absolute atomic E-state index is 0.000246. The molecule has 0 radical (unpaired) electrons. The molecule has 140 valence electrons. The summed E-state index contributed by atoms with van der Waals surface area (Å²) >= 11 is 1.53. The molecule has 7 heteroatoms. The second kappa shape index (κ2) is 7.23. The highest BCUT2D eigenvalue weighted by molar-refractivity contribution is 7.22. The Morgan fingerprint density at radius 2 is 1.81 bits per heavy atom. The summed E-state index contributed by atoms with van der Waals surface area (Å²) in [5.41, 5.74) is 4.05. The van der Waals surface area contributed by atoms with Crippen molar-refractivity contribution in [1.29, 1.82) is 0 Å². The average Bonchev–Trinajstić information content (AvgIpc) is 3.05. The van der Waals surface area contributed by atoms with Gasteiger partial charge in [-0.3, -0.25) is 4.79 Å². The zero-order valence-corrected chi connectivity index (χ0v) is 16.6. The summed E-state index contributed by atoms with van der Waals surface area (Å²) in [6.07, 6.45) is 1.60. The van der Waals surface area contributed by atoms with Crippen molar-refractivity contribution < 1.29 is 4.79 Å². The molecule has 0 aliphatic carbocycles. The van der Waals surface area contributed by atoms with Gasteiger partial charge in [0.15, 0.2) is 5.13 Å². The van der Waals surface area contributed by atoms with Crippen LogP contribution in [0.1, 0.15) is 29.8 Å². The zero-order chi connectivity index (χ0) is 19.0. The highest BCUT2D eigenvalue weighted by Crippen LogP contribution is 2.29. The molecule has 1 fully saturated rings. The number of aromatic nitrogens is 3. The van der Waals surface area contributed by atoms with Gasteiger partial charge in [-0.05, 0) is 51.3 Å². The van der Waals surface area contributed by atoms with Crippen LogP contribution >= 0.6 is 11.3 Å². The minimum atomic E-state index is 0.000246. The van der Waals surface area contributed by atoms with Crippen molar-refractivity contribution >= 4 is 38.5 Å². The number of nitrogens with zero attached hydrogens (tertiary/aromatic N) is 4. The first-order valence-electron chi connectivity index (χ1n) is 9.24. The molecule has 0 spiro atoms. The van der Waals surface area contributed by atoms with Crippen LogP contribution in [0.4, 0.5) is 11.1 Å². The number of anilines is 2. The van der Waals surface area contributed by atoms with Crippen molar-refractivity contribution in [3.8, 4) is 0 Å². The Bertz CT molecular complexity index is 971. The normalized spacial score (nSPS) is 15.3. The van der Waals surface area contributed by atoms with Gasteiger partial charge in [0.05, 0.1) is 10.2 Å². The van der Waals surface area contributed by atoms with Gasteiger partial charge in [0.1, 0.15) is 0 Å². The van der Waals surface area contributed by atoms with E-state index in [1.807, 2.05) is 45.0 Å². The van der Waals surface area contributed by atoms with Crippen LogP contribution in [0.5, 0.6) is 0 Å². The molecule has 6 nitrogen and oxygen atoms in total. The van der Waals surface area contributed by atoms with Crippen LogP contribution in [-0.4, -0.2) is 33.9 Å². The molecule has 27 heavy (non-hydrogen) atoms. The van der Waals surface area contributed by atoms with Crippen LogP contribution < -0.4 is 10.2 Å². The number of benzene rings is 1. The first-order valence-corrected chi connectivity index (χ1v) is 10.1. The SMILES string of the molecule is Cc1cc(C)nc(N2CCC(C(=O)Nc3nc4c(C)cccc4s3)CC2)n1. The van der Waals surface area contributed by atoms with Gasteiger partial charge in [0.2, 0.25) is 11.9 Å². The van der Waals surface area contributed by atoms with E-state index in [-0.39, 0.29) is 11.8 Å². The van der Waals surface area contributed by atoms with Crippen molar-refractivity contribution in [1.82, 2.24) is 15.0 Å². The lowest BCUT2D eigenvalue weighted by molar-refractivity contribution is -0.120. The van der Waals surface area contributed by atoms with E-state index in [4.69, 9.17) is 0 Å². The summed E-state index contributed by atoms with van der Waals surface area (Å²) in [7, 11) is 0. The molecule has 0 atom stereocenters. The highest BCUT2D eigenvalue weighted by atomic mass is 32.1. The predicted octanol–water partition coefficient (Wildman–Crippen LogP) is 3.87. The number of carbonyl (C=O) groups is 1. The van der Waals surface area contributed by atoms with Gasteiger partial charge in [0, 0.05) is 30.4 Å². The lowest BCUT2D eigenvalue weighted by atomic mass is 9.96. The third-order valence-corrected chi connectivity index (χ3v) is 5.91. The van der Waals surface area contributed by atoms with Crippen LogP contribution in [0.2, 0.25) is 0 Å². The van der Waals surface area contributed by atoms with Crippen LogP contribution in [0.15, 0.2) is 24.3 Å². The van der Waals surface area contributed by atoms with Gasteiger partial charge in [-0.2, -0.15) is 0 Å². The fourth-order valence-electron chi connectivity index (χ4n) is 3.54. The predicted molar refractivity (Wildman–Crippen MR) is 109 cm³/mol. The maximum absolute atomic E-state index is 12.7. The van der Waals surface area contributed by atoms with Crippen LogP contribution in [-0.2, 0) is 4.79 Å². The maximum atomic E-state index is 12.7. The summed E-state index contributed by atoms with van der Waals surface area (Å²) in [6, 6.07) is 8.08. The molecule has 1 aliphatic heterocycles. The third kappa shape index (κ3) is 3.78. The van der Waals surface area contributed by atoms with Crippen molar-refractivity contribution in [2.45, 2.75) is 33.6 Å². The van der Waals surface area contributed by atoms with Gasteiger partial charge < -0.3 is 10.2 Å². The number of hydrogen-bond donors (Lipinski definition) is 1. The molecule has 3 heterocycles. The lowest BCUT2D eigenvalue weighted by Crippen LogP contribution is -2.39. The van der Waals surface area contributed by atoms with Gasteiger partial charge in [0.25, 0.3) is 0 Å². The molecular formula is C20H23N5OS. The van der Waals surface area contributed by atoms with E-state index in [2.05, 4.69) is 25.2 Å². The first-order chi connectivity index (χ1) is 13.0. The molecule has 1 saturated heterocycles. The number of carbonyl (C=O) groups excluding carboxylic acids is 1. The molecule has 3 aromatic rings. The number of para-hydroxylation sites is 1. The number of amides is 1. The fourth-order valence-corrected chi connectivity index (χ4v) is 4.48. The maximum Gasteiger partial charge on any atom is 0.229 e. The van der Waals surface area contributed by atoms with Crippen molar-refractivity contribution in [2.75, 3.05) is 23.3 Å². The Morgan fingerprint density at radius 1 is 1.11 bits per heavy atom. The number of nitrogens with one attached hydrogen (secondary N) is 1. The van der Waals surface area contributed by atoms with E-state index in [0.29, 0.717) is 5.13 Å². The average molecular weight is 382 g/mol. The molecule has 1 N–H and O–H groups in total. The highest BCUT2D eigenvalue weighted by Gasteiger charge is 2.27. The van der Waals surface area contributed by atoms with E-state index >= 15 is 0 Å². The quantitative estimate of drug-likeness (QED) is 0.746. The monoisotopic (exact) mass is 381 g/mol. The van der Waals surface area contributed by atoms with Gasteiger partial charge in [-0.25, -0.2) is 15.0 Å². The molecular weight excluding hydrogens is 358 g/mol. The molecule has 1 aromatic carbocycles. The molecule has 0 unspecified atom stereocenters. The van der Waals surface area contributed by atoms with E-state index in [0.717, 1.165) is 59.0 Å². The standard InChI is InChI=1S/C20H23N5OS/c1-12-5-4-6-16-17(12)23-20(27-16)24-18(26)15-7-9-25(10-8-15)19-21-13(2)11-14(3)22-19/h4-6,11,15H,7-10H2,1-3H3,(H,23,24,26). The van der Waals surface area contributed by atoms with Crippen molar-refractivity contribution in [3.05, 3.63) is 41.2 Å². The van der Waals surface area contributed by atoms with Crippen LogP contribution in [0.25, 0.3) is 10.2 Å². The number of hydrogen-bond acceptors (Lipinski definition) is 6. The lowest BCUT2D eigenvalue weighted by Gasteiger charge is -2.31. The number of piperidine rings is 1. The van der Waals surface area contributed by atoms with Gasteiger partial charge in [-0.1, -0.05) is 23.5 Å². The Morgan fingerprint density at radius 3 is 2.48 bits per heavy atom. The van der Waals surface area contributed by atoms with Crippen molar-refractivity contribution in [2.24, 2.45) is 5.92 Å². The second-order valence-corrected chi connectivity index (χ2v) is 8.17. The number of fused-ring (bicyclic) bond motifs is 1. The van der Waals surface area contributed by atoms with E-state index < -0.39 is 0 Å². The largest absolute Gasteiger partial charge is 0.341 e. The summed E-state index contributed by atoms with van der Waals surface area (Å²) in [5, 5.41) is 3.70. The number of aryl methyl sites for hydroxylation is 3. The van der Waals surface area contributed by atoms with E-state index in [1.54, 1.807) is 0 Å². The van der Waals surface area contributed by atoms with Crippen molar-refractivity contribution in [3.63, 3.8) is 0 Å². The molecule has 1 amide bonds. The summed E-state index contributed by atoms with van der Waals surface area (Å²) in [5.74, 6) is 0.834. The zero-order valence-electron chi connectivity index (χ0n) is 15.8. The Hall–Kier alpha value is -2.54. The molecule has 0 saturated carbocycles. The third-order valence-electron chi connectivity index (χ3n) is 4.97. The Labute approximate surface area is 162 Å². The Kier molecular flexibility index (Phi) is 4.78. The number of thiazole rings is 1. The summed E-state index contributed by atoms with van der Waals surface area (Å²) in [4.78, 5) is 28.5. The first kappa shape index (κ1) is 17.9. The van der Waals surface area contributed by atoms with Gasteiger partial charge >= 0.3 is 0 Å². The fraction of sp³-hybridized carbons (Fsp3) is 0.400. The minimum Gasteiger partial charge on any atom is -0.341 e. The van der Waals surface area contributed by atoms with E-state index in [9.17, 15) is 4.79 Å². The number of rotatable bonds is 3. The van der Waals surface area contributed by atoms with Crippen LogP contribution in [0.3, 0.4) is 0 Å². The molecule has 2 aromatic heterocycles. The van der Waals surface area contributed by atoms with Gasteiger partial charge in [-0.15, -0.1) is 0 Å². The topological polar surface area (TPSA) is 71.0 Å².